The fraction of sp³-hybridized carbons (Fsp3) is 0.231. The van der Waals surface area contributed by atoms with Gasteiger partial charge in [0, 0.05) is 4.47 Å². The topological polar surface area (TPSA) is 91.5 Å². The van der Waals surface area contributed by atoms with Gasteiger partial charge in [0.2, 0.25) is 11.5 Å². The van der Waals surface area contributed by atoms with E-state index in [9.17, 15) is 9.59 Å². The number of carbonyl (C=O) groups is 2. The molecule has 0 heterocycles. The smallest absolute Gasteiger partial charge is 0.362 e. The number of ether oxygens (including phenoxy) is 1. The third-order valence-corrected chi connectivity index (χ3v) is 3.21. The average Bonchev–Trinajstić information content (AvgIpc) is 2.47. The van der Waals surface area contributed by atoms with Gasteiger partial charge in [-0.3, -0.25) is 10.2 Å². The van der Waals surface area contributed by atoms with Gasteiger partial charge < -0.3 is 4.74 Å². The first-order valence-corrected chi connectivity index (χ1v) is 7.66. The number of esters is 1. The zero-order chi connectivity index (χ0) is 15.7. The molecule has 0 radical (unpaired) electrons. The number of hydrogen-bond acceptors (Lipinski definition) is 7. The van der Waals surface area contributed by atoms with E-state index in [4.69, 9.17) is 10.00 Å². The van der Waals surface area contributed by atoms with Crippen molar-refractivity contribution in [3.05, 3.63) is 28.7 Å². The minimum atomic E-state index is -0.814. The van der Waals surface area contributed by atoms with Gasteiger partial charge in [-0.05, 0) is 43.0 Å². The summed E-state index contributed by atoms with van der Waals surface area (Å²) in [6, 6.07) is 7.03. The predicted molar refractivity (Wildman–Crippen MR) is 84.9 cm³/mol. The van der Waals surface area contributed by atoms with Crippen molar-refractivity contribution in [2.45, 2.75) is 6.92 Å². The molecule has 0 atom stereocenters. The lowest BCUT2D eigenvalue weighted by atomic mass is 10.3. The molecule has 1 aromatic carbocycles. The number of ketones is 1. The lowest BCUT2D eigenvalue weighted by Gasteiger charge is -2.05. The molecule has 0 saturated heterocycles. The van der Waals surface area contributed by atoms with Gasteiger partial charge >= 0.3 is 5.97 Å². The lowest BCUT2D eigenvalue weighted by molar-refractivity contribution is -0.135. The normalized spacial score (nSPS) is 10.6. The van der Waals surface area contributed by atoms with Crippen LogP contribution in [-0.2, 0) is 14.3 Å². The number of anilines is 1. The Morgan fingerprint density at radius 2 is 2.10 bits per heavy atom. The van der Waals surface area contributed by atoms with E-state index in [2.05, 4.69) is 26.5 Å². The maximum absolute atomic E-state index is 11.8. The van der Waals surface area contributed by atoms with Crippen LogP contribution >= 0.6 is 27.7 Å². The number of carbonyl (C=O) groups excluding carboxylic acids is 2. The molecule has 0 spiro atoms. The summed E-state index contributed by atoms with van der Waals surface area (Å²) < 4.78 is 5.68. The number of halogens is 1. The number of nitriles is 1. The first kappa shape index (κ1) is 17.2. The van der Waals surface area contributed by atoms with Crippen LogP contribution in [0.3, 0.4) is 0 Å². The van der Waals surface area contributed by atoms with E-state index in [1.807, 2.05) is 0 Å². The van der Waals surface area contributed by atoms with E-state index in [1.165, 1.54) is 0 Å². The molecule has 1 aromatic rings. The van der Waals surface area contributed by atoms with Gasteiger partial charge in [0.25, 0.3) is 0 Å². The highest BCUT2D eigenvalue weighted by Crippen LogP contribution is 2.14. The van der Waals surface area contributed by atoms with Crippen LogP contribution < -0.4 is 5.43 Å². The molecule has 21 heavy (non-hydrogen) atoms. The van der Waals surface area contributed by atoms with Crippen LogP contribution in [0.15, 0.2) is 33.8 Å². The number of nitrogens with one attached hydrogen (secondary N) is 1. The number of Topliss-reactive ketones (excluding diaryl/α,β-unsaturated/α-hetero) is 1. The van der Waals surface area contributed by atoms with Crippen molar-refractivity contribution in [1.82, 2.24) is 0 Å². The Hall–Kier alpha value is -1.85. The van der Waals surface area contributed by atoms with Gasteiger partial charge in [0.05, 0.1) is 18.0 Å². The Morgan fingerprint density at radius 3 is 2.67 bits per heavy atom. The van der Waals surface area contributed by atoms with Crippen LogP contribution in [0.25, 0.3) is 0 Å². The van der Waals surface area contributed by atoms with E-state index in [0.29, 0.717) is 5.69 Å². The number of rotatable bonds is 7. The highest BCUT2D eigenvalue weighted by Gasteiger charge is 2.22. The molecular weight excluding hydrogens is 358 g/mol. The van der Waals surface area contributed by atoms with Crippen molar-refractivity contribution in [1.29, 1.82) is 5.26 Å². The van der Waals surface area contributed by atoms with Crippen molar-refractivity contribution in [2.24, 2.45) is 5.10 Å². The Morgan fingerprint density at radius 1 is 1.43 bits per heavy atom. The second-order valence-corrected chi connectivity index (χ2v) is 5.28. The molecular formula is C13H12BrN3O3S. The zero-order valence-corrected chi connectivity index (χ0v) is 13.5. The molecule has 0 bridgehead atoms. The number of hydrazone groups is 1. The standard InChI is InChI=1S/C13H12BrN3O3S/c1-2-20-13(19)12(11(18)7-21-8-15)17-16-10-5-3-9(14)4-6-10/h3-6,16H,2,7H2,1H3/b17-12+. The summed E-state index contributed by atoms with van der Waals surface area (Å²) in [5.74, 6) is -1.54. The van der Waals surface area contributed by atoms with E-state index in [-0.39, 0.29) is 18.1 Å². The van der Waals surface area contributed by atoms with Crippen LogP contribution in [0.1, 0.15) is 6.92 Å². The Labute approximate surface area is 134 Å². The van der Waals surface area contributed by atoms with Gasteiger partial charge in [0.1, 0.15) is 5.40 Å². The Bertz CT molecular complexity index is 581. The summed E-state index contributed by atoms with van der Waals surface area (Å²) in [7, 11) is 0. The summed E-state index contributed by atoms with van der Waals surface area (Å²) >= 11 is 4.03. The van der Waals surface area contributed by atoms with E-state index in [0.717, 1.165) is 16.2 Å². The third kappa shape index (κ3) is 5.97. The third-order valence-electron chi connectivity index (χ3n) is 2.14. The summed E-state index contributed by atoms with van der Waals surface area (Å²) in [6.07, 6.45) is 0. The first-order valence-electron chi connectivity index (χ1n) is 5.89. The number of thioether (sulfide) groups is 1. The molecule has 0 aliphatic rings. The SMILES string of the molecule is CCOC(=O)/C(=N/Nc1ccc(Br)cc1)C(=O)CSC#N. The molecule has 1 N–H and O–H groups in total. The largest absolute Gasteiger partial charge is 0.461 e. The fourth-order valence-electron chi connectivity index (χ4n) is 1.23. The molecule has 8 heteroatoms. The van der Waals surface area contributed by atoms with Crippen molar-refractivity contribution >= 4 is 50.8 Å². The summed E-state index contributed by atoms with van der Waals surface area (Å²) in [6.45, 7) is 1.76. The fourth-order valence-corrected chi connectivity index (χ4v) is 1.83. The lowest BCUT2D eigenvalue weighted by Crippen LogP contribution is -2.29. The Kier molecular flexibility index (Phi) is 7.50. The predicted octanol–water partition coefficient (Wildman–Crippen LogP) is 2.56. The highest BCUT2D eigenvalue weighted by atomic mass is 79.9. The maximum Gasteiger partial charge on any atom is 0.362 e. The molecule has 0 amide bonds. The van der Waals surface area contributed by atoms with Crippen molar-refractivity contribution in [2.75, 3.05) is 17.8 Å². The van der Waals surface area contributed by atoms with Crippen molar-refractivity contribution in [3.63, 3.8) is 0 Å². The molecule has 1 rings (SSSR count). The van der Waals surface area contributed by atoms with Crippen molar-refractivity contribution in [3.8, 4) is 5.40 Å². The van der Waals surface area contributed by atoms with Gasteiger partial charge in [-0.25, -0.2) is 4.79 Å². The highest BCUT2D eigenvalue weighted by molar-refractivity contribution is 9.10. The minimum Gasteiger partial charge on any atom is -0.461 e. The molecule has 110 valence electrons. The van der Waals surface area contributed by atoms with Gasteiger partial charge in [-0.15, -0.1) is 0 Å². The summed E-state index contributed by atoms with van der Waals surface area (Å²) in [5.41, 5.74) is 2.87. The van der Waals surface area contributed by atoms with Crippen molar-refractivity contribution < 1.29 is 14.3 Å². The number of nitrogens with zero attached hydrogens (tertiary/aromatic N) is 2. The number of hydrogen-bond donors (Lipinski definition) is 1. The molecule has 0 saturated carbocycles. The average molecular weight is 370 g/mol. The summed E-state index contributed by atoms with van der Waals surface area (Å²) in [5, 5.41) is 14.0. The maximum atomic E-state index is 11.8. The second-order valence-electron chi connectivity index (χ2n) is 3.60. The molecule has 0 aromatic heterocycles. The minimum absolute atomic E-state index is 0.134. The van der Waals surface area contributed by atoms with Crippen LogP contribution in [0.2, 0.25) is 0 Å². The molecule has 0 aliphatic carbocycles. The van der Waals surface area contributed by atoms with Crippen LogP contribution in [0.4, 0.5) is 5.69 Å². The zero-order valence-electron chi connectivity index (χ0n) is 11.1. The van der Waals surface area contributed by atoms with E-state index in [1.54, 1.807) is 36.6 Å². The van der Waals surface area contributed by atoms with Gasteiger partial charge in [0.15, 0.2) is 0 Å². The quantitative estimate of drug-likeness (QED) is 0.261. The number of thiocyanates is 1. The van der Waals surface area contributed by atoms with E-state index >= 15 is 0 Å². The first-order chi connectivity index (χ1) is 10.1. The van der Waals surface area contributed by atoms with Gasteiger partial charge in [-0.1, -0.05) is 15.9 Å². The van der Waals surface area contributed by atoms with E-state index < -0.39 is 11.8 Å². The molecule has 6 nitrogen and oxygen atoms in total. The summed E-state index contributed by atoms with van der Waals surface area (Å²) in [4.78, 5) is 23.6. The molecule has 0 unspecified atom stereocenters. The second kappa shape index (κ2) is 9.15. The monoisotopic (exact) mass is 369 g/mol. The Balaban J connectivity index is 2.86. The van der Waals surface area contributed by atoms with Crippen LogP contribution in [0.5, 0.6) is 0 Å². The molecule has 0 aliphatic heterocycles. The molecule has 0 fully saturated rings. The van der Waals surface area contributed by atoms with Gasteiger partial charge in [-0.2, -0.15) is 10.4 Å². The number of benzene rings is 1. The van der Waals surface area contributed by atoms with Crippen LogP contribution in [0, 0.1) is 10.7 Å². The van der Waals surface area contributed by atoms with Crippen LogP contribution in [-0.4, -0.2) is 29.8 Å².